The Bertz CT molecular complexity index is 440. The molecule has 1 aromatic carbocycles. The van der Waals surface area contributed by atoms with E-state index in [1.807, 2.05) is 23.1 Å². The minimum absolute atomic E-state index is 0.136. The van der Waals surface area contributed by atoms with Crippen molar-refractivity contribution >= 4 is 17.3 Å². The number of nitrogens with zero attached hydrogens (tertiary/aromatic N) is 2. The lowest BCUT2D eigenvalue weighted by Crippen LogP contribution is -2.48. The summed E-state index contributed by atoms with van der Waals surface area (Å²) in [7, 11) is 1.63. The molecular formula is C13H19N3O2. The van der Waals surface area contributed by atoms with E-state index in [1.54, 1.807) is 14.0 Å². The van der Waals surface area contributed by atoms with Crippen LogP contribution >= 0.6 is 0 Å². The van der Waals surface area contributed by atoms with Crippen LogP contribution in [0.4, 0.5) is 11.4 Å². The van der Waals surface area contributed by atoms with Crippen LogP contribution in [0.5, 0.6) is 5.75 Å². The Kier molecular flexibility index (Phi) is 3.60. The molecule has 1 aliphatic heterocycles. The van der Waals surface area contributed by atoms with Crippen LogP contribution in [0.25, 0.3) is 0 Å². The Morgan fingerprint density at radius 3 is 2.44 bits per heavy atom. The topological polar surface area (TPSA) is 58.8 Å². The fourth-order valence-corrected chi connectivity index (χ4v) is 2.21. The molecule has 1 heterocycles. The molecule has 5 nitrogen and oxygen atoms in total. The molecule has 0 saturated carbocycles. The van der Waals surface area contributed by atoms with Crippen LogP contribution in [-0.2, 0) is 4.79 Å². The molecule has 0 bridgehead atoms. The molecular weight excluding hydrogens is 230 g/mol. The van der Waals surface area contributed by atoms with Crippen molar-refractivity contribution in [3.05, 3.63) is 18.2 Å². The van der Waals surface area contributed by atoms with Crippen molar-refractivity contribution in [3.8, 4) is 5.75 Å². The van der Waals surface area contributed by atoms with E-state index < -0.39 is 0 Å². The summed E-state index contributed by atoms with van der Waals surface area (Å²) in [6, 6.07) is 5.70. The molecule has 2 N–H and O–H groups in total. The number of anilines is 2. The molecule has 1 fully saturated rings. The van der Waals surface area contributed by atoms with E-state index in [2.05, 4.69) is 4.90 Å². The third-order valence-corrected chi connectivity index (χ3v) is 3.30. The monoisotopic (exact) mass is 249 g/mol. The summed E-state index contributed by atoms with van der Waals surface area (Å²) in [4.78, 5) is 15.3. The zero-order valence-electron chi connectivity index (χ0n) is 10.8. The molecule has 5 heteroatoms. The lowest BCUT2D eigenvalue weighted by molar-refractivity contribution is -0.129. The van der Waals surface area contributed by atoms with Crippen molar-refractivity contribution in [1.82, 2.24) is 4.90 Å². The van der Waals surface area contributed by atoms with Gasteiger partial charge in [0.2, 0.25) is 5.91 Å². The van der Waals surface area contributed by atoms with Gasteiger partial charge in [0, 0.05) is 39.2 Å². The molecule has 1 saturated heterocycles. The van der Waals surface area contributed by atoms with Crippen molar-refractivity contribution in [2.24, 2.45) is 0 Å². The first kappa shape index (κ1) is 12.5. The zero-order valence-corrected chi connectivity index (χ0v) is 10.8. The minimum Gasteiger partial charge on any atom is -0.497 e. The van der Waals surface area contributed by atoms with Gasteiger partial charge in [-0.15, -0.1) is 0 Å². The van der Waals surface area contributed by atoms with Crippen molar-refractivity contribution in [3.63, 3.8) is 0 Å². The fraction of sp³-hybridized carbons (Fsp3) is 0.462. The maximum absolute atomic E-state index is 11.3. The lowest BCUT2D eigenvalue weighted by atomic mass is 10.2. The minimum atomic E-state index is 0.136. The number of carbonyl (C=O) groups is 1. The van der Waals surface area contributed by atoms with Gasteiger partial charge in [-0.05, 0) is 12.1 Å². The normalized spacial score (nSPS) is 15.7. The highest BCUT2D eigenvalue weighted by molar-refractivity contribution is 5.74. The molecule has 1 amide bonds. The van der Waals surface area contributed by atoms with E-state index in [0.29, 0.717) is 5.69 Å². The highest BCUT2D eigenvalue weighted by Gasteiger charge is 2.20. The van der Waals surface area contributed by atoms with Gasteiger partial charge in [0.25, 0.3) is 0 Å². The third-order valence-electron chi connectivity index (χ3n) is 3.30. The molecule has 1 aromatic rings. The number of benzene rings is 1. The Hall–Kier alpha value is -1.91. The maximum atomic E-state index is 11.3. The van der Waals surface area contributed by atoms with E-state index in [4.69, 9.17) is 10.5 Å². The van der Waals surface area contributed by atoms with E-state index in [1.165, 1.54) is 0 Å². The van der Waals surface area contributed by atoms with E-state index in [-0.39, 0.29) is 5.91 Å². The molecule has 0 aliphatic carbocycles. The Balaban J connectivity index is 2.07. The van der Waals surface area contributed by atoms with Gasteiger partial charge in [-0.3, -0.25) is 4.79 Å². The Morgan fingerprint density at radius 2 is 1.94 bits per heavy atom. The number of piperazine rings is 1. The molecule has 98 valence electrons. The number of ether oxygens (including phenoxy) is 1. The van der Waals surface area contributed by atoms with Crippen LogP contribution in [0.2, 0.25) is 0 Å². The van der Waals surface area contributed by atoms with Crippen LogP contribution in [-0.4, -0.2) is 44.1 Å². The van der Waals surface area contributed by atoms with Crippen LogP contribution in [0, 0.1) is 0 Å². The maximum Gasteiger partial charge on any atom is 0.219 e. The summed E-state index contributed by atoms with van der Waals surface area (Å²) in [5.74, 6) is 0.899. The summed E-state index contributed by atoms with van der Waals surface area (Å²) >= 11 is 0. The van der Waals surface area contributed by atoms with Gasteiger partial charge >= 0.3 is 0 Å². The first-order valence-corrected chi connectivity index (χ1v) is 6.06. The zero-order chi connectivity index (χ0) is 13.1. The highest BCUT2D eigenvalue weighted by Crippen LogP contribution is 2.28. The van der Waals surface area contributed by atoms with Gasteiger partial charge in [-0.25, -0.2) is 0 Å². The Morgan fingerprint density at radius 1 is 1.28 bits per heavy atom. The summed E-state index contributed by atoms with van der Waals surface area (Å²) in [6.07, 6.45) is 0. The number of rotatable bonds is 2. The number of nitrogens with two attached hydrogens (primary N) is 1. The molecule has 0 aromatic heterocycles. The van der Waals surface area contributed by atoms with Gasteiger partial charge in [0.1, 0.15) is 5.75 Å². The number of carbonyl (C=O) groups excluding carboxylic acids is 1. The van der Waals surface area contributed by atoms with Crippen LogP contribution < -0.4 is 15.4 Å². The summed E-state index contributed by atoms with van der Waals surface area (Å²) < 4.78 is 5.13. The summed E-state index contributed by atoms with van der Waals surface area (Å²) in [5, 5.41) is 0. The fourth-order valence-electron chi connectivity index (χ4n) is 2.21. The second kappa shape index (κ2) is 5.16. The molecule has 0 spiro atoms. The van der Waals surface area contributed by atoms with Gasteiger partial charge in [-0.2, -0.15) is 0 Å². The quantitative estimate of drug-likeness (QED) is 0.793. The number of hydrogen-bond donors (Lipinski definition) is 1. The predicted octanol–water partition coefficient (Wildman–Crippen LogP) is 0.946. The van der Waals surface area contributed by atoms with E-state index in [0.717, 1.165) is 37.6 Å². The first-order chi connectivity index (χ1) is 8.61. The Labute approximate surface area is 107 Å². The standard InChI is InChI=1S/C13H19N3O2/c1-10(17)15-5-7-16(8-6-15)13-4-3-11(18-2)9-12(13)14/h3-4,9H,5-8,14H2,1-2H3. The van der Waals surface area contributed by atoms with Crippen molar-refractivity contribution in [1.29, 1.82) is 0 Å². The van der Waals surface area contributed by atoms with Crippen molar-refractivity contribution < 1.29 is 9.53 Å². The number of methoxy groups -OCH3 is 1. The molecule has 1 aliphatic rings. The number of hydrogen-bond acceptors (Lipinski definition) is 4. The highest BCUT2D eigenvalue weighted by atomic mass is 16.5. The largest absolute Gasteiger partial charge is 0.497 e. The van der Waals surface area contributed by atoms with Crippen LogP contribution in [0.3, 0.4) is 0 Å². The molecule has 0 atom stereocenters. The second-order valence-electron chi connectivity index (χ2n) is 4.42. The predicted molar refractivity (Wildman–Crippen MR) is 71.9 cm³/mol. The molecule has 2 rings (SSSR count). The summed E-state index contributed by atoms with van der Waals surface area (Å²) in [5.41, 5.74) is 7.75. The molecule has 18 heavy (non-hydrogen) atoms. The van der Waals surface area contributed by atoms with Gasteiger partial charge in [0.05, 0.1) is 18.5 Å². The van der Waals surface area contributed by atoms with Gasteiger partial charge < -0.3 is 20.3 Å². The van der Waals surface area contributed by atoms with Gasteiger partial charge in [0.15, 0.2) is 0 Å². The van der Waals surface area contributed by atoms with Crippen molar-refractivity contribution in [2.45, 2.75) is 6.92 Å². The van der Waals surface area contributed by atoms with E-state index in [9.17, 15) is 4.79 Å². The second-order valence-corrected chi connectivity index (χ2v) is 4.42. The lowest BCUT2D eigenvalue weighted by Gasteiger charge is -2.36. The van der Waals surface area contributed by atoms with Gasteiger partial charge in [-0.1, -0.05) is 0 Å². The SMILES string of the molecule is COc1ccc(N2CCN(C(C)=O)CC2)c(N)c1. The van der Waals surface area contributed by atoms with E-state index >= 15 is 0 Å². The average molecular weight is 249 g/mol. The van der Waals surface area contributed by atoms with Crippen molar-refractivity contribution in [2.75, 3.05) is 43.9 Å². The summed E-state index contributed by atoms with van der Waals surface area (Å²) in [6.45, 7) is 4.74. The molecule has 0 unspecified atom stereocenters. The molecule has 0 radical (unpaired) electrons. The van der Waals surface area contributed by atoms with Crippen LogP contribution in [0.1, 0.15) is 6.92 Å². The number of amides is 1. The first-order valence-electron chi connectivity index (χ1n) is 6.06. The average Bonchev–Trinajstić information content (AvgIpc) is 2.38. The third kappa shape index (κ3) is 2.50. The smallest absolute Gasteiger partial charge is 0.219 e. The van der Waals surface area contributed by atoms with Crippen LogP contribution in [0.15, 0.2) is 18.2 Å². The number of nitrogen functional groups attached to an aromatic ring is 1.